The molecular weight excluding hydrogens is 250 g/mol. The molecular formula is C13H16ClN3O. The fraction of sp³-hybridized carbons (Fsp3) is 0.385. The number of hydrogen-bond acceptors (Lipinski definition) is 3. The molecule has 0 aliphatic heterocycles. The molecule has 0 heterocycles. The van der Waals surface area contributed by atoms with Gasteiger partial charge in [0, 0.05) is 0 Å². The van der Waals surface area contributed by atoms with Gasteiger partial charge in [-0.15, -0.1) is 0 Å². The average molecular weight is 266 g/mol. The van der Waals surface area contributed by atoms with Gasteiger partial charge in [0.1, 0.15) is 0 Å². The summed E-state index contributed by atoms with van der Waals surface area (Å²) in [7, 11) is 0. The highest BCUT2D eigenvalue weighted by Gasteiger charge is 2.27. The van der Waals surface area contributed by atoms with Gasteiger partial charge < -0.3 is 11.1 Å². The van der Waals surface area contributed by atoms with Crippen molar-refractivity contribution in [3.63, 3.8) is 0 Å². The van der Waals surface area contributed by atoms with E-state index in [1.165, 1.54) is 6.07 Å². The molecule has 0 saturated carbocycles. The highest BCUT2D eigenvalue weighted by atomic mass is 35.5. The first-order valence-electron chi connectivity index (χ1n) is 5.52. The van der Waals surface area contributed by atoms with Crippen molar-refractivity contribution in [1.29, 1.82) is 5.26 Å². The Balaban J connectivity index is 2.92. The number of nitriles is 1. The number of nitrogens with two attached hydrogens (primary N) is 1. The van der Waals surface area contributed by atoms with Crippen molar-refractivity contribution in [2.24, 2.45) is 11.1 Å². The molecule has 0 fully saturated rings. The molecule has 1 aromatic rings. The maximum Gasteiger partial charge on any atom is 0.241 e. The van der Waals surface area contributed by atoms with Gasteiger partial charge in [0.15, 0.2) is 0 Å². The molecule has 0 aliphatic carbocycles. The van der Waals surface area contributed by atoms with E-state index in [9.17, 15) is 4.79 Å². The summed E-state index contributed by atoms with van der Waals surface area (Å²) in [4.78, 5) is 11.9. The topological polar surface area (TPSA) is 78.9 Å². The van der Waals surface area contributed by atoms with Crippen molar-refractivity contribution in [3.8, 4) is 6.07 Å². The lowest BCUT2D eigenvalue weighted by Crippen LogP contribution is -2.45. The monoisotopic (exact) mass is 265 g/mol. The first kappa shape index (κ1) is 14.5. The van der Waals surface area contributed by atoms with Crippen LogP contribution in [0.4, 0.5) is 5.69 Å². The molecule has 18 heavy (non-hydrogen) atoms. The lowest BCUT2D eigenvalue weighted by molar-refractivity contribution is -0.119. The molecule has 0 spiro atoms. The summed E-state index contributed by atoms with van der Waals surface area (Å²) in [6.07, 6.45) is 0. The quantitative estimate of drug-likeness (QED) is 0.862. The van der Waals surface area contributed by atoms with E-state index >= 15 is 0 Å². The molecule has 1 atom stereocenters. The molecule has 0 aliphatic rings. The van der Waals surface area contributed by atoms with Crippen molar-refractivity contribution in [1.82, 2.24) is 0 Å². The smallest absolute Gasteiger partial charge is 0.241 e. The standard InChI is InChI=1S/C13H16ClN3O/c1-13(2,3)11(16)12(18)17-10-6-8(7-15)4-5-9(10)14/h4-6,11H,16H2,1-3H3,(H,17,18). The van der Waals surface area contributed by atoms with Gasteiger partial charge in [0.05, 0.1) is 28.4 Å². The third-order valence-corrected chi connectivity index (χ3v) is 2.90. The van der Waals surface area contributed by atoms with E-state index in [2.05, 4.69) is 5.32 Å². The molecule has 3 N–H and O–H groups in total. The van der Waals surface area contributed by atoms with Crippen molar-refractivity contribution in [2.45, 2.75) is 26.8 Å². The zero-order valence-corrected chi connectivity index (χ0v) is 11.4. The summed E-state index contributed by atoms with van der Waals surface area (Å²) in [5.41, 5.74) is 6.33. The number of anilines is 1. The lowest BCUT2D eigenvalue weighted by Gasteiger charge is -2.26. The van der Waals surface area contributed by atoms with Gasteiger partial charge in [-0.2, -0.15) is 5.26 Å². The molecule has 4 nitrogen and oxygen atoms in total. The second-order valence-electron chi connectivity index (χ2n) is 5.14. The summed E-state index contributed by atoms with van der Waals surface area (Å²) < 4.78 is 0. The zero-order valence-electron chi connectivity index (χ0n) is 10.6. The van der Waals surface area contributed by atoms with Crippen LogP contribution >= 0.6 is 11.6 Å². The van der Waals surface area contributed by atoms with Crippen molar-refractivity contribution < 1.29 is 4.79 Å². The Kier molecular flexibility index (Phi) is 4.33. The minimum Gasteiger partial charge on any atom is -0.323 e. The third kappa shape index (κ3) is 3.46. The van der Waals surface area contributed by atoms with E-state index in [1.807, 2.05) is 26.8 Å². The lowest BCUT2D eigenvalue weighted by atomic mass is 9.87. The SMILES string of the molecule is CC(C)(C)C(N)C(=O)Nc1cc(C#N)ccc1Cl. The molecule has 0 saturated heterocycles. The van der Waals surface area contributed by atoms with E-state index in [0.717, 1.165) is 0 Å². The first-order chi connectivity index (χ1) is 8.25. The molecule has 0 aromatic heterocycles. The number of nitrogens with zero attached hydrogens (tertiary/aromatic N) is 1. The Morgan fingerprint density at radius 3 is 2.61 bits per heavy atom. The zero-order chi connectivity index (χ0) is 13.9. The summed E-state index contributed by atoms with van der Waals surface area (Å²) >= 11 is 5.95. The summed E-state index contributed by atoms with van der Waals surface area (Å²) in [5, 5.41) is 11.8. The van der Waals surface area contributed by atoms with Crippen LogP contribution in [0.15, 0.2) is 18.2 Å². The minimum atomic E-state index is -0.653. The van der Waals surface area contributed by atoms with Gasteiger partial charge in [-0.1, -0.05) is 32.4 Å². The fourth-order valence-corrected chi connectivity index (χ4v) is 1.46. The predicted molar refractivity (Wildman–Crippen MR) is 72.2 cm³/mol. The molecule has 0 bridgehead atoms. The highest BCUT2D eigenvalue weighted by molar-refractivity contribution is 6.33. The van der Waals surface area contributed by atoms with Crippen LogP contribution < -0.4 is 11.1 Å². The highest BCUT2D eigenvalue weighted by Crippen LogP contribution is 2.24. The molecule has 1 amide bonds. The van der Waals surface area contributed by atoms with Gasteiger partial charge >= 0.3 is 0 Å². The van der Waals surface area contributed by atoms with E-state index in [-0.39, 0.29) is 11.3 Å². The van der Waals surface area contributed by atoms with Crippen LogP contribution in [0.25, 0.3) is 0 Å². The molecule has 1 rings (SSSR count). The normalized spacial score (nSPS) is 12.7. The number of carbonyl (C=O) groups is 1. The van der Waals surface area contributed by atoms with E-state index in [0.29, 0.717) is 16.3 Å². The minimum absolute atomic E-state index is 0.320. The van der Waals surface area contributed by atoms with E-state index in [1.54, 1.807) is 12.1 Å². The largest absolute Gasteiger partial charge is 0.323 e. The Labute approximate surface area is 112 Å². The maximum atomic E-state index is 11.9. The van der Waals surface area contributed by atoms with E-state index in [4.69, 9.17) is 22.6 Å². The van der Waals surface area contributed by atoms with Gasteiger partial charge in [-0.05, 0) is 23.6 Å². The summed E-state index contributed by atoms with van der Waals surface area (Å²) in [6.45, 7) is 5.64. The maximum absolute atomic E-state index is 11.9. The van der Waals surface area contributed by atoms with Crippen LogP contribution in [0.2, 0.25) is 5.02 Å². The number of amides is 1. The van der Waals surface area contributed by atoms with Gasteiger partial charge in [-0.3, -0.25) is 4.79 Å². The number of carbonyl (C=O) groups excluding carboxylic acids is 1. The number of hydrogen-bond donors (Lipinski definition) is 2. The van der Waals surface area contributed by atoms with E-state index < -0.39 is 6.04 Å². The summed E-state index contributed by atoms with van der Waals surface area (Å²) in [5.74, 6) is -0.320. The van der Waals surface area contributed by atoms with Crippen molar-refractivity contribution in [3.05, 3.63) is 28.8 Å². The van der Waals surface area contributed by atoms with Crippen molar-refractivity contribution >= 4 is 23.2 Å². The van der Waals surface area contributed by atoms with Gasteiger partial charge in [-0.25, -0.2) is 0 Å². The van der Waals surface area contributed by atoms with Crippen LogP contribution in [0.3, 0.4) is 0 Å². The van der Waals surface area contributed by atoms with Crippen LogP contribution in [-0.2, 0) is 4.79 Å². The molecule has 1 aromatic carbocycles. The predicted octanol–water partition coefficient (Wildman–Crippen LogP) is 2.52. The second kappa shape index (κ2) is 5.38. The van der Waals surface area contributed by atoms with Gasteiger partial charge in [0.25, 0.3) is 0 Å². The molecule has 0 radical (unpaired) electrons. The Bertz CT molecular complexity index is 500. The number of benzene rings is 1. The molecule has 1 unspecified atom stereocenters. The van der Waals surface area contributed by atoms with Gasteiger partial charge in [0.2, 0.25) is 5.91 Å². The number of rotatable bonds is 2. The molecule has 5 heteroatoms. The Hall–Kier alpha value is -1.57. The first-order valence-corrected chi connectivity index (χ1v) is 5.89. The van der Waals surface area contributed by atoms with Crippen LogP contribution in [0.5, 0.6) is 0 Å². The summed E-state index contributed by atoms with van der Waals surface area (Å²) in [6, 6.07) is 6.01. The Morgan fingerprint density at radius 1 is 1.50 bits per heavy atom. The number of nitrogens with one attached hydrogen (secondary N) is 1. The Morgan fingerprint density at radius 2 is 2.11 bits per heavy atom. The van der Waals surface area contributed by atoms with Crippen LogP contribution in [-0.4, -0.2) is 11.9 Å². The van der Waals surface area contributed by atoms with Crippen LogP contribution in [0, 0.1) is 16.7 Å². The fourth-order valence-electron chi connectivity index (χ4n) is 1.29. The second-order valence-corrected chi connectivity index (χ2v) is 5.55. The number of halogens is 1. The van der Waals surface area contributed by atoms with Crippen LogP contribution in [0.1, 0.15) is 26.3 Å². The third-order valence-electron chi connectivity index (χ3n) is 2.57. The van der Waals surface area contributed by atoms with Crippen molar-refractivity contribution in [2.75, 3.05) is 5.32 Å². The average Bonchev–Trinajstić information content (AvgIpc) is 2.29. The molecule has 96 valence electrons.